The predicted octanol–water partition coefficient (Wildman–Crippen LogP) is 3.04. The number of rotatable bonds is 9. The van der Waals surface area contributed by atoms with Crippen molar-refractivity contribution < 1.29 is 4.79 Å². The molecule has 1 aliphatic carbocycles. The number of nitrogens with one attached hydrogen (secondary N) is 3. The molecule has 0 unspecified atom stereocenters. The molecule has 40 heavy (non-hydrogen) atoms. The van der Waals surface area contributed by atoms with E-state index in [4.69, 9.17) is 10.7 Å². The minimum atomic E-state index is -0.582. The quantitative estimate of drug-likeness (QED) is 0.375. The first-order chi connectivity index (χ1) is 19.4. The van der Waals surface area contributed by atoms with E-state index in [1.165, 1.54) is 57.5 Å². The highest BCUT2D eigenvalue weighted by atomic mass is 16.1. The summed E-state index contributed by atoms with van der Waals surface area (Å²) >= 11 is 0. The van der Waals surface area contributed by atoms with Gasteiger partial charge in [0.05, 0.1) is 5.69 Å². The van der Waals surface area contributed by atoms with Crippen LogP contribution in [0.15, 0.2) is 24.3 Å². The number of piperidine rings is 1. The Morgan fingerprint density at radius 1 is 0.925 bits per heavy atom. The van der Waals surface area contributed by atoms with Gasteiger partial charge in [-0.1, -0.05) is 19.8 Å². The molecule has 0 radical (unpaired) electrons. The first-order valence-electron chi connectivity index (χ1n) is 15.1. The number of benzene rings is 1. The SMILES string of the molecule is CCc1nc(C(N)=O)c(Nc2ccc(N3CCC(N4CCN(C)CC4)CC3)cc2)nc1N[C@@H]1CCCC[C@@H]1NC. The van der Waals surface area contributed by atoms with E-state index in [-0.39, 0.29) is 11.7 Å². The van der Waals surface area contributed by atoms with Crippen molar-refractivity contribution >= 4 is 28.9 Å². The third-order valence-corrected chi connectivity index (χ3v) is 9.01. The van der Waals surface area contributed by atoms with Crippen molar-refractivity contribution in [1.29, 1.82) is 0 Å². The first-order valence-corrected chi connectivity index (χ1v) is 15.1. The van der Waals surface area contributed by atoms with Gasteiger partial charge in [0.15, 0.2) is 17.3 Å². The monoisotopic (exact) mass is 549 g/mol. The number of nitrogens with two attached hydrogens (primary N) is 1. The molecule has 218 valence electrons. The van der Waals surface area contributed by atoms with Crippen LogP contribution in [0, 0.1) is 0 Å². The molecular weight excluding hydrogens is 502 g/mol. The van der Waals surface area contributed by atoms with E-state index in [2.05, 4.69) is 54.8 Å². The number of anilines is 4. The van der Waals surface area contributed by atoms with Crippen LogP contribution in [0.1, 0.15) is 61.6 Å². The Labute approximate surface area is 239 Å². The highest BCUT2D eigenvalue weighted by Crippen LogP contribution is 2.29. The van der Waals surface area contributed by atoms with E-state index < -0.39 is 5.91 Å². The van der Waals surface area contributed by atoms with Crippen LogP contribution in [0.2, 0.25) is 0 Å². The Morgan fingerprint density at radius 2 is 1.60 bits per heavy atom. The molecule has 2 aliphatic heterocycles. The number of aryl methyl sites for hydroxylation is 1. The molecule has 1 amide bonds. The van der Waals surface area contributed by atoms with Crippen molar-refractivity contribution in [2.45, 2.75) is 70.0 Å². The van der Waals surface area contributed by atoms with E-state index in [9.17, 15) is 4.79 Å². The Balaban J connectivity index is 1.26. The Bertz CT molecular complexity index is 1120. The molecule has 3 heterocycles. The summed E-state index contributed by atoms with van der Waals surface area (Å²) in [6.45, 7) is 8.89. The molecular formula is C30H47N9O. The Hall–Kier alpha value is -2.95. The summed E-state index contributed by atoms with van der Waals surface area (Å²) in [4.78, 5) is 29.4. The average molecular weight is 550 g/mol. The third-order valence-electron chi connectivity index (χ3n) is 9.01. The van der Waals surface area contributed by atoms with Gasteiger partial charge in [-0.15, -0.1) is 0 Å². The lowest BCUT2D eigenvalue weighted by atomic mass is 9.90. The van der Waals surface area contributed by atoms with E-state index >= 15 is 0 Å². The van der Waals surface area contributed by atoms with Gasteiger partial charge in [-0.05, 0) is 70.5 Å². The smallest absolute Gasteiger partial charge is 0.271 e. The van der Waals surface area contributed by atoms with Crippen molar-refractivity contribution in [1.82, 2.24) is 25.1 Å². The average Bonchev–Trinajstić information content (AvgIpc) is 2.98. The van der Waals surface area contributed by atoms with E-state index in [1.807, 2.05) is 26.1 Å². The van der Waals surface area contributed by atoms with Gasteiger partial charge >= 0.3 is 0 Å². The summed E-state index contributed by atoms with van der Waals surface area (Å²) in [6.07, 6.45) is 7.69. The minimum absolute atomic E-state index is 0.172. The Kier molecular flexibility index (Phi) is 9.39. The number of likely N-dealkylation sites (N-methyl/N-ethyl adjacent to an activating group) is 2. The maximum absolute atomic E-state index is 12.3. The topological polar surface area (TPSA) is 115 Å². The lowest BCUT2D eigenvalue weighted by molar-refractivity contribution is 0.0982. The number of piperazine rings is 1. The van der Waals surface area contributed by atoms with Crippen molar-refractivity contribution in [2.75, 3.05) is 68.9 Å². The fraction of sp³-hybridized carbons (Fsp3) is 0.633. The first kappa shape index (κ1) is 28.6. The van der Waals surface area contributed by atoms with Crippen LogP contribution >= 0.6 is 0 Å². The molecule has 3 aliphatic rings. The number of nitrogens with zero attached hydrogens (tertiary/aromatic N) is 5. The molecule has 10 heteroatoms. The van der Waals surface area contributed by atoms with Crippen LogP contribution < -0.4 is 26.6 Å². The van der Waals surface area contributed by atoms with Crippen LogP contribution in [0.25, 0.3) is 0 Å². The number of hydrogen-bond donors (Lipinski definition) is 4. The summed E-state index contributed by atoms with van der Waals surface area (Å²) in [5.74, 6) is 0.536. The molecule has 10 nitrogen and oxygen atoms in total. The summed E-state index contributed by atoms with van der Waals surface area (Å²) in [6, 6.07) is 9.74. The summed E-state index contributed by atoms with van der Waals surface area (Å²) in [5.41, 5.74) is 8.75. The highest BCUT2D eigenvalue weighted by Gasteiger charge is 2.28. The minimum Gasteiger partial charge on any atom is -0.371 e. The molecule has 5 N–H and O–H groups in total. The number of hydrogen-bond acceptors (Lipinski definition) is 9. The van der Waals surface area contributed by atoms with Crippen LogP contribution in [-0.4, -0.2) is 97.2 Å². The zero-order valence-electron chi connectivity index (χ0n) is 24.5. The number of carbonyl (C=O) groups excluding carboxylic acids is 1. The molecule has 1 aromatic heterocycles. The van der Waals surface area contributed by atoms with Crippen molar-refractivity contribution in [3.05, 3.63) is 35.7 Å². The predicted molar refractivity (Wildman–Crippen MR) is 163 cm³/mol. The standard InChI is InChI=1S/C30H47N9O/c1-4-24-29(35-26-8-6-5-7-25(26)32-2)36-30(27(34-24)28(31)40)33-21-9-11-22(12-10-21)38-15-13-23(14-16-38)39-19-17-37(3)18-20-39/h9-12,23,25-26,32H,4-8,13-20H2,1-3H3,(H2,31,40)(H2,33,35,36)/t25-,26+/m0/s1. The molecule has 1 aromatic carbocycles. The molecule has 0 spiro atoms. The molecule has 3 fully saturated rings. The van der Waals surface area contributed by atoms with Crippen molar-refractivity contribution in [2.24, 2.45) is 5.73 Å². The normalized spacial score (nSPS) is 23.2. The maximum atomic E-state index is 12.3. The van der Waals surface area contributed by atoms with Gasteiger partial charge in [-0.25, -0.2) is 9.97 Å². The van der Waals surface area contributed by atoms with Crippen LogP contribution in [0.4, 0.5) is 23.0 Å². The van der Waals surface area contributed by atoms with Gasteiger partial charge in [-0.3, -0.25) is 9.69 Å². The van der Waals surface area contributed by atoms with Gasteiger partial charge in [0.1, 0.15) is 0 Å². The second kappa shape index (κ2) is 13.1. The van der Waals surface area contributed by atoms with Gasteiger partial charge in [0, 0.05) is 68.8 Å². The van der Waals surface area contributed by atoms with Crippen molar-refractivity contribution in [3.63, 3.8) is 0 Å². The molecule has 2 aromatic rings. The molecule has 0 bridgehead atoms. The Morgan fingerprint density at radius 3 is 2.23 bits per heavy atom. The van der Waals surface area contributed by atoms with Gasteiger partial charge in [0.25, 0.3) is 5.91 Å². The number of primary amides is 1. The van der Waals surface area contributed by atoms with Crippen molar-refractivity contribution in [3.8, 4) is 0 Å². The lowest BCUT2D eigenvalue weighted by Crippen LogP contribution is -2.52. The van der Waals surface area contributed by atoms with E-state index in [0.717, 1.165) is 43.1 Å². The zero-order chi connectivity index (χ0) is 28.1. The second-order valence-corrected chi connectivity index (χ2v) is 11.6. The fourth-order valence-electron chi connectivity index (χ4n) is 6.48. The van der Waals surface area contributed by atoms with Crippen LogP contribution in [0.3, 0.4) is 0 Å². The number of amides is 1. The number of carbonyl (C=O) groups is 1. The zero-order valence-corrected chi connectivity index (χ0v) is 24.5. The summed E-state index contributed by atoms with van der Waals surface area (Å²) < 4.78 is 0. The van der Waals surface area contributed by atoms with Gasteiger partial charge in [-0.2, -0.15) is 0 Å². The van der Waals surface area contributed by atoms with E-state index in [0.29, 0.717) is 24.3 Å². The third kappa shape index (κ3) is 6.67. The largest absolute Gasteiger partial charge is 0.371 e. The van der Waals surface area contributed by atoms with Gasteiger partial charge < -0.3 is 31.5 Å². The summed E-state index contributed by atoms with van der Waals surface area (Å²) in [7, 11) is 4.23. The highest BCUT2D eigenvalue weighted by molar-refractivity contribution is 5.96. The van der Waals surface area contributed by atoms with Gasteiger partial charge in [0.2, 0.25) is 0 Å². The molecule has 5 rings (SSSR count). The molecule has 2 saturated heterocycles. The number of aromatic nitrogens is 2. The van der Waals surface area contributed by atoms with Crippen LogP contribution in [-0.2, 0) is 6.42 Å². The molecule has 1 saturated carbocycles. The summed E-state index contributed by atoms with van der Waals surface area (Å²) in [5, 5.41) is 10.4. The van der Waals surface area contributed by atoms with E-state index in [1.54, 1.807) is 0 Å². The maximum Gasteiger partial charge on any atom is 0.271 e. The fourth-order valence-corrected chi connectivity index (χ4v) is 6.48. The second-order valence-electron chi connectivity index (χ2n) is 11.6. The van der Waals surface area contributed by atoms with Crippen LogP contribution in [0.5, 0.6) is 0 Å². The lowest BCUT2D eigenvalue weighted by Gasteiger charge is -2.42. The molecule has 2 atom stereocenters.